The molecule has 2 atom stereocenters. The van der Waals surface area contributed by atoms with Crippen LogP contribution in [0, 0.1) is 0 Å². The van der Waals surface area contributed by atoms with Crippen LogP contribution in [0.4, 0.5) is 4.79 Å². The average Bonchev–Trinajstić information content (AvgIpc) is 2.63. The molecule has 1 aromatic rings. The molecule has 1 aliphatic heterocycles. The fourth-order valence-corrected chi connectivity index (χ4v) is 2.87. The van der Waals surface area contributed by atoms with Crippen molar-refractivity contribution in [3.63, 3.8) is 0 Å². The van der Waals surface area contributed by atoms with Crippen LogP contribution in [-0.2, 0) is 19.7 Å². The first kappa shape index (κ1) is 18.8. The molecule has 0 unspecified atom stereocenters. The Morgan fingerprint density at radius 1 is 1.32 bits per heavy atom. The Labute approximate surface area is 147 Å². The lowest BCUT2D eigenvalue weighted by Crippen LogP contribution is -2.58. The van der Waals surface area contributed by atoms with Gasteiger partial charge in [-0.2, -0.15) is 0 Å². The van der Waals surface area contributed by atoms with Crippen molar-refractivity contribution in [1.82, 2.24) is 15.1 Å². The molecule has 1 aliphatic rings. The lowest BCUT2D eigenvalue weighted by Gasteiger charge is -2.37. The minimum Gasteiger partial charge on any atom is -0.468 e. The van der Waals surface area contributed by atoms with Crippen LogP contribution in [0.1, 0.15) is 19.4 Å². The monoisotopic (exact) mass is 347 g/mol. The van der Waals surface area contributed by atoms with Gasteiger partial charge in [0, 0.05) is 26.2 Å². The van der Waals surface area contributed by atoms with Crippen LogP contribution >= 0.6 is 0 Å². The molecular weight excluding hydrogens is 322 g/mol. The summed E-state index contributed by atoms with van der Waals surface area (Å²) in [5.41, 5.74) is -0.251. The van der Waals surface area contributed by atoms with Crippen LogP contribution in [0.3, 0.4) is 0 Å². The Morgan fingerprint density at radius 3 is 2.52 bits per heavy atom. The molecule has 1 saturated heterocycles. The van der Waals surface area contributed by atoms with E-state index in [-0.39, 0.29) is 31.1 Å². The highest BCUT2D eigenvalue weighted by atomic mass is 16.5. The third kappa shape index (κ3) is 3.92. The van der Waals surface area contributed by atoms with Crippen molar-refractivity contribution in [1.29, 1.82) is 0 Å². The van der Waals surface area contributed by atoms with Gasteiger partial charge in [-0.05, 0) is 19.4 Å². The molecule has 136 valence electrons. The summed E-state index contributed by atoms with van der Waals surface area (Å²) in [6.07, 6.45) is 0. The maximum atomic E-state index is 12.5. The second-order valence-electron chi connectivity index (χ2n) is 6.58. The molecule has 1 aromatic carbocycles. The fraction of sp³-hybridized carbons (Fsp3) is 0.500. The lowest BCUT2D eigenvalue weighted by atomic mass is 9.82. The highest BCUT2D eigenvalue weighted by Gasteiger charge is 2.38. The number of hydrogen-bond acceptors (Lipinski definition) is 4. The van der Waals surface area contributed by atoms with Crippen molar-refractivity contribution in [2.24, 2.45) is 0 Å². The van der Waals surface area contributed by atoms with E-state index in [2.05, 4.69) is 5.32 Å². The second kappa shape index (κ2) is 7.55. The van der Waals surface area contributed by atoms with Crippen LogP contribution in [0.2, 0.25) is 0 Å². The molecule has 0 bridgehead atoms. The fourth-order valence-electron chi connectivity index (χ4n) is 2.87. The number of hydrogen-bond donors (Lipinski definition) is 1. The summed E-state index contributed by atoms with van der Waals surface area (Å²) in [6, 6.07) is 8.76. The molecule has 0 radical (unpaired) electrons. The van der Waals surface area contributed by atoms with Crippen LogP contribution in [-0.4, -0.2) is 67.5 Å². The molecule has 7 heteroatoms. The van der Waals surface area contributed by atoms with Crippen molar-refractivity contribution >= 4 is 17.9 Å². The number of benzene rings is 1. The van der Waals surface area contributed by atoms with Gasteiger partial charge < -0.3 is 19.9 Å². The molecule has 7 nitrogen and oxygen atoms in total. The summed E-state index contributed by atoms with van der Waals surface area (Å²) in [5.74, 6) is -0.533. The molecule has 25 heavy (non-hydrogen) atoms. The van der Waals surface area contributed by atoms with Crippen molar-refractivity contribution < 1.29 is 19.1 Å². The average molecular weight is 347 g/mol. The van der Waals surface area contributed by atoms with Crippen LogP contribution < -0.4 is 5.32 Å². The smallest absolute Gasteiger partial charge is 0.317 e. The van der Waals surface area contributed by atoms with Gasteiger partial charge in [0.2, 0.25) is 5.91 Å². The molecule has 0 aliphatic carbocycles. The lowest BCUT2D eigenvalue weighted by molar-refractivity contribution is -0.146. The topological polar surface area (TPSA) is 79.0 Å². The van der Waals surface area contributed by atoms with E-state index < -0.39 is 11.4 Å². The standard InChI is InChI=1S/C18H25N3O4/c1-13-10-21(11-15(22)20(13)3)17(24)19-12-18(2,16(23)25-4)14-8-6-5-7-9-14/h5-9,13H,10-12H2,1-4H3,(H,19,24)/t13-,18+/m0/s1. The zero-order chi connectivity index (χ0) is 18.6. The normalized spacial score (nSPS) is 20.0. The van der Waals surface area contributed by atoms with E-state index in [1.807, 2.05) is 37.3 Å². The number of ether oxygens (including phenoxy) is 1. The summed E-state index contributed by atoms with van der Waals surface area (Å²) in [6.45, 7) is 4.19. The first-order valence-corrected chi connectivity index (χ1v) is 8.22. The third-order valence-electron chi connectivity index (χ3n) is 4.79. The Morgan fingerprint density at radius 2 is 1.96 bits per heavy atom. The third-order valence-corrected chi connectivity index (χ3v) is 4.79. The predicted octanol–water partition coefficient (Wildman–Crippen LogP) is 0.989. The predicted molar refractivity (Wildman–Crippen MR) is 93.0 cm³/mol. The van der Waals surface area contributed by atoms with Crippen molar-refractivity contribution in [2.45, 2.75) is 25.3 Å². The number of nitrogens with zero attached hydrogens (tertiary/aromatic N) is 2. The second-order valence-corrected chi connectivity index (χ2v) is 6.58. The number of likely N-dealkylation sites (N-methyl/N-ethyl adjacent to an activating group) is 1. The molecule has 2 rings (SSSR count). The first-order valence-electron chi connectivity index (χ1n) is 8.22. The molecule has 0 spiro atoms. The molecule has 1 heterocycles. The molecular formula is C18H25N3O4. The van der Waals surface area contributed by atoms with Crippen molar-refractivity contribution in [3.8, 4) is 0 Å². The molecule has 3 amide bonds. The number of carbonyl (C=O) groups is 3. The van der Waals surface area contributed by atoms with Crippen molar-refractivity contribution in [3.05, 3.63) is 35.9 Å². The number of nitrogens with one attached hydrogen (secondary N) is 1. The van der Waals surface area contributed by atoms with Crippen LogP contribution in [0.15, 0.2) is 30.3 Å². The SMILES string of the molecule is COC(=O)[C@](C)(CNC(=O)N1CC(=O)N(C)[C@@H](C)C1)c1ccccc1. The number of piperazine rings is 1. The Hall–Kier alpha value is -2.57. The summed E-state index contributed by atoms with van der Waals surface area (Å²) < 4.78 is 4.93. The van der Waals surface area contributed by atoms with Gasteiger partial charge in [-0.1, -0.05) is 30.3 Å². The summed E-state index contributed by atoms with van der Waals surface area (Å²) in [5, 5.41) is 2.78. The van der Waals surface area contributed by atoms with E-state index in [4.69, 9.17) is 4.74 Å². The Balaban J connectivity index is 2.09. The minimum atomic E-state index is -1.01. The maximum absolute atomic E-state index is 12.5. The van der Waals surface area contributed by atoms with Gasteiger partial charge in [-0.15, -0.1) is 0 Å². The quantitative estimate of drug-likeness (QED) is 0.824. The zero-order valence-corrected chi connectivity index (χ0v) is 15.1. The Kier molecular flexibility index (Phi) is 5.66. The van der Waals surface area contributed by atoms with Crippen LogP contribution in [0.5, 0.6) is 0 Å². The van der Waals surface area contributed by atoms with Crippen molar-refractivity contribution in [2.75, 3.05) is 33.8 Å². The highest BCUT2D eigenvalue weighted by molar-refractivity contribution is 5.87. The highest BCUT2D eigenvalue weighted by Crippen LogP contribution is 2.24. The van der Waals surface area contributed by atoms with Gasteiger partial charge in [-0.25, -0.2) is 4.79 Å². The van der Waals surface area contributed by atoms with E-state index >= 15 is 0 Å². The molecule has 1 fully saturated rings. The van der Waals surface area contributed by atoms with Gasteiger partial charge in [0.15, 0.2) is 0 Å². The van der Waals surface area contributed by atoms with Gasteiger partial charge in [0.25, 0.3) is 0 Å². The molecule has 0 aromatic heterocycles. The first-order chi connectivity index (χ1) is 11.8. The summed E-state index contributed by atoms with van der Waals surface area (Å²) >= 11 is 0. The van der Waals surface area contributed by atoms with E-state index in [0.717, 1.165) is 5.56 Å². The number of rotatable bonds is 4. The summed E-state index contributed by atoms with van der Waals surface area (Å²) in [7, 11) is 3.05. The van der Waals surface area contributed by atoms with Crippen LogP contribution in [0.25, 0.3) is 0 Å². The van der Waals surface area contributed by atoms with E-state index in [9.17, 15) is 14.4 Å². The van der Waals surface area contributed by atoms with E-state index in [1.54, 1.807) is 18.9 Å². The van der Waals surface area contributed by atoms with E-state index in [0.29, 0.717) is 6.54 Å². The number of methoxy groups -OCH3 is 1. The minimum absolute atomic E-state index is 0.0347. The van der Waals surface area contributed by atoms with Gasteiger partial charge >= 0.3 is 12.0 Å². The largest absolute Gasteiger partial charge is 0.468 e. The number of esters is 1. The Bertz CT molecular complexity index is 649. The van der Waals surface area contributed by atoms with Gasteiger partial charge in [-0.3, -0.25) is 9.59 Å². The molecule has 0 saturated carbocycles. The zero-order valence-electron chi connectivity index (χ0n) is 15.1. The number of amides is 3. The maximum Gasteiger partial charge on any atom is 0.317 e. The van der Waals surface area contributed by atoms with Gasteiger partial charge in [0.05, 0.1) is 7.11 Å². The summed E-state index contributed by atoms with van der Waals surface area (Å²) in [4.78, 5) is 39.8. The van der Waals surface area contributed by atoms with Gasteiger partial charge in [0.1, 0.15) is 12.0 Å². The number of urea groups is 1. The van der Waals surface area contributed by atoms with E-state index in [1.165, 1.54) is 12.0 Å². The number of carbonyl (C=O) groups excluding carboxylic acids is 3. The molecule has 1 N–H and O–H groups in total.